The molecule has 0 spiro atoms. The largest absolute Gasteiger partial charge is 0.326 e. The molecule has 2 N–H and O–H groups in total. The third-order valence-corrected chi connectivity index (χ3v) is 4.09. The van der Waals surface area contributed by atoms with Crippen molar-refractivity contribution in [2.45, 2.75) is 13.0 Å². The van der Waals surface area contributed by atoms with Crippen molar-refractivity contribution in [2.75, 3.05) is 39.8 Å². The van der Waals surface area contributed by atoms with E-state index in [9.17, 15) is 0 Å². The summed E-state index contributed by atoms with van der Waals surface area (Å²) >= 11 is 0. The zero-order chi connectivity index (χ0) is 13.9. The molecule has 3 rings (SSSR count). The molecule has 2 aromatic rings. The Bertz CT molecular complexity index is 569. The van der Waals surface area contributed by atoms with Gasteiger partial charge in [0.2, 0.25) is 0 Å². The minimum absolute atomic E-state index is 0.569. The highest BCUT2D eigenvalue weighted by atomic mass is 15.2. The van der Waals surface area contributed by atoms with Crippen LogP contribution in [0.1, 0.15) is 11.3 Å². The number of piperazine rings is 1. The van der Waals surface area contributed by atoms with Crippen LogP contribution in [0.15, 0.2) is 24.5 Å². The minimum atomic E-state index is 0.569. The lowest BCUT2D eigenvalue weighted by Crippen LogP contribution is -2.45. The highest BCUT2D eigenvalue weighted by Gasteiger charge is 2.13. The van der Waals surface area contributed by atoms with Gasteiger partial charge in [-0.05, 0) is 24.7 Å². The quantitative estimate of drug-likeness (QED) is 0.885. The maximum absolute atomic E-state index is 5.67. The van der Waals surface area contributed by atoms with Crippen LogP contribution in [0.2, 0.25) is 0 Å². The molecule has 1 fully saturated rings. The summed E-state index contributed by atoms with van der Waals surface area (Å²) in [5, 5.41) is 0. The van der Waals surface area contributed by atoms with Crippen LogP contribution >= 0.6 is 0 Å². The predicted octanol–water partition coefficient (Wildman–Crippen LogP) is 0.583. The molecule has 0 aromatic carbocycles. The second-order valence-corrected chi connectivity index (χ2v) is 5.63. The Morgan fingerprint density at radius 2 is 2.05 bits per heavy atom. The lowest BCUT2D eigenvalue weighted by molar-refractivity contribution is 0.155. The summed E-state index contributed by atoms with van der Waals surface area (Å²) in [4.78, 5) is 9.60. The molecule has 3 heterocycles. The van der Waals surface area contributed by atoms with Crippen molar-refractivity contribution in [3.8, 4) is 0 Å². The minimum Gasteiger partial charge on any atom is -0.326 e. The van der Waals surface area contributed by atoms with E-state index in [0.717, 1.165) is 29.9 Å². The normalized spacial score (nSPS) is 17.9. The number of pyridine rings is 1. The number of fused-ring (bicyclic) bond motifs is 1. The van der Waals surface area contributed by atoms with E-state index in [1.807, 2.05) is 6.20 Å². The molecular formula is C15H23N5. The maximum atomic E-state index is 5.67. The molecule has 0 atom stereocenters. The van der Waals surface area contributed by atoms with Crippen LogP contribution < -0.4 is 5.73 Å². The summed E-state index contributed by atoms with van der Waals surface area (Å²) in [5.74, 6) is 0. The molecule has 0 bridgehead atoms. The molecule has 5 nitrogen and oxygen atoms in total. The van der Waals surface area contributed by atoms with Gasteiger partial charge in [-0.2, -0.15) is 0 Å². The second kappa shape index (κ2) is 5.91. The van der Waals surface area contributed by atoms with Gasteiger partial charge in [0.1, 0.15) is 5.65 Å². The van der Waals surface area contributed by atoms with Gasteiger partial charge in [0, 0.05) is 58.1 Å². The lowest BCUT2D eigenvalue weighted by Gasteiger charge is -2.32. The Morgan fingerprint density at radius 1 is 1.25 bits per heavy atom. The molecule has 0 radical (unpaired) electrons. The van der Waals surface area contributed by atoms with Crippen molar-refractivity contribution in [1.82, 2.24) is 19.2 Å². The van der Waals surface area contributed by atoms with E-state index >= 15 is 0 Å². The third kappa shape index (κ3) is 3.00. The Labute approximate surface area is 120 Å². The van der Waals surface area contributed by atoms with E-state index in [-0.39, 0.29) is 0 Å². The van der Waals surface area contributed by atoms with Gasteiger partial charge in [-0.15, -0.1) is 0 Å². The number of hydrogen-bond acceptors (Lipinski definition) is 4. The number of hydrogen-bond donors (Lipinski definition) is 1. The molecule has 1 aliphatic heterocycles. The second-order valence-electron chi connectivity index (χ2n) is 5.63. The van der Waals surface area contributed by atoms with Crippen LogP contribution in [0.3, 0.4) is 0 Å². The van der Waals surface area contributed by atoms with Gasteiger partial charge in [-0.25, -0.2) is 4.98 Å². The fourth-order valence-electron chi connectivity index (χ4n) is 2.67. The van der Waals surface area contributed by atoms with Crippen molar-refractivity contribution in [2.24, 2.45) is 5.73 Å². The molecular weight excluding hydrogens is 250 g/mol. The molecule has 5 heteroatoms. The first-order chi connectivity index (χ1) is 9.74. The Kier molecular flexibility index (Phi) is 4.00. The fourth-order valence-corrected chi connectivity index (χ4v) is 2.67. The Morgan fingerprint density at radius 3 is 2.80 bits per heavy atom. The topological polar surface area (TPSA) is 49.8 Å². The summed E-state index contributed by atoms with van der Waals surface area (Å²) in [6.07, 6.45) is 5.19. The molecule has 1 saturated heterocycles. The van der Waals surface area contributed by atoms with Gasteiger partial charge in [0.15, 0.2) is 0 Å². The number of rotatable bonds is 4. The number of imidazole rings is 1. The van der Waals surface area contributed by atoms with Gasteiger partial charge < -0.3 is 19.9 Å². The van der Waals surface area contributed by atoms with Gasteiger partial charge in [-0.3, -0.25) is 0 Å². The summed E-state index contributed by atoms with van der Waals surface area (Å²) in [7, 11) is 2.19. The Hall–Kier alpha value is -1.43. The van der Waals surface area contributed by atoms with Crippen LogP contribution in [0.25, 0.3) is 5.65 Å². The van der Waals surface area contributed by atoms with Crippen molar-refractivity contribution in [3.05, 3.63) is 35.8 Å². The lowest BCUT2D eigenvalue weighted by atomic mass is 10.2. The molecule has 1 aliphatic rings. The first-order valence-electron chi connectivity index (χ1n) is 7.32. The van der Waals surface area contributed by atoms with E-state index in [1.54, 1.807) is 0 Å². The van der Waals surface area contributed by atoms with Crippen molar-refractivity contribution >= 4 is 5.65 Å². The summed E-state index contributed by atoms with van der Waals surface area (Å²) in [5.41, 5.74) is 8.97. The average molecular weight is 273 g/mol. The molecule has 20 heavy (non-hydrogen) atoms. The van der Waals surface area contributed by atoms with Crippen LogP contribution in [0.4, 0.5) is 0 Å². The predicted molar refractivity (Wildman–Crippen MR) is 80.7 cm³/mol. The number of nitrogens with two attached hydrogens (primary N) is 1. The molecule has 2 aromatic heterocycles. The molecule has 0 amide bonds. The molecule has 0 unspecified atom stereocenters. The van der Waals surface area contributed by atoms with Crippen molar-refractivity contribution < 1.29 is 0 Å². The van der Waals surface area contributed by atoms with Gasteiger partial charge in [0.05, 0.1) is 5.69 Å². The summed E-state index contributed by atoms with van der Waals surface area (Å²) in [6.45, 7) is 6.35. The van der Waals surface area contributed by atoms with Gasteiger partial charge in [0.25, 0.3) is 0 Å². The van der Waals surface area contributed by atoms with Crippen LogP contribution in [0, 0.1) is 0 Å². The van der Waals surface area contributed by atoms with E-state index in [0.29, 0.717) is 6.54 Å². The van der Waals surface area contributed by atoms with E-state index < -0.39 is 0 Å². The Balaban J connectivity index is 1.62. The fraction of sp³-hybridized carbons (Fsp3) is 0.533. The number of likely N-dealkylation sites (N-methyl/N-ethyl adjacent to an activating group) is 1. The first-order valence-corrected chi connectivity index (χ1v) is 7.32. The zero-order valence-electron chi connectivity index (χ0n) is 12.1. The first kappa shape index (κ1) is 13.5. The smallest absolute Gasteiger partial charge is 0.137 e. The standard InChI is InChI=1S/C15H23N5/c1-18-6-8-19(9-7-18)4-3-14-12-20-5-2-13(11-16)10-15(20)17-14/h2,5,10,12H,3-4,6-9,11,16H2,1H3. The zero-order valence-corrected chi connectivity index (χ0v) is 12.1. The van der Waals surface area contributed by atoms with Crippen molar-refractivity contribution in [1.29, 1.82) is 0 Å². The molecule has 0 aliphatic carbocycles. The van der Waals surface area contributed by atoms with E-state index in [1.165, 1.54) is 26.2 Å². The molecule has 108 valence electrons. The number of nitrogens with zero attached hydrogens (tertiary/aromatic N) is 4. The van der Waals surface area contributed by atoms with Crippen LogP contribution in [-0.2, 0) is 13.0 Å². The average Bonchev–Trinajstić information content (AvgIpc) is 2.88. The third-order valence-electron chi connectivity index (χ3n) is 4.09. The van der Waals surface area contributed by atoms with E-state index in [2.05, 4.69) is 39.6 Å². The van der Waals surface area contributed by atoms with Crippen molar-refractivity contribution in [3.63, 3.8) is 0 Å². The monoisotopic (exact) mass is 273 g/mol. The van der Waals surface area contributed by atoms with Gasteiger partial charge in [-0.1, -0.05) is 0 Å². The van der Waals surface area contributed by atoms with Crippen LogP contribution in [0.5, 0.6) is 0 Å². The highest BCUT2D eigenvalue weighted by molar-refractivity contribution is 5.43. The number of aromatic nitrogens is 2. The maximum Gasteiger partial charge on any atom is 0.137 e. The van der Waals surface area contributed by atoms with Gasteiger partial charge >= 0.3 is 0 Å². The van der Waals surface area contributed by atoms with E-state index in [4.69, 9.17) is 10.7 Å². The van der Waals surface area contributed by atoms with Crippen LogP contribution in [-0.4, -0.2) is 59.0 Å². The summed E-state index contributed by atoms with van der Waals surface area (Å²) < 4.78 is 2.08. The summed E-state index contributed by atoms with van der Waals surface area (Å²) in [6, 6.07) is 4.12. The highest BCUT2D eigenvalue weighted by Crippen LogP contribution is 2.09. The molecule has 0 saturated carbocycles. The SMILES string of the molecule is CN1CCN(CCc2cn3ccc(CN)cc3n2)CC1.